The molecule has 0 aliphatic rings. The van der Waals surface area contributed by atoms with E-state index in [0.717, 1.165) is 24.2 Å². The van der Waals surface area contributed by atoms with Crippen molar-refractivity contribution < 1.29 is 0 Å². The van der Waals surface area contributed by atoms with Gasteiger partial charge in [0.05, 0.1) is 17.9 Å². The molecule has 1 aromatic carbocycles. The maximum atomic E-state index is 6.24. The van der Waals surface area contributed by atoms with Crippen LogP contribution in [0.1, 0.15) is 38.4 Å². The van der Waals surface area contributed by atoms with E-state index in [2.05, 4.69) is 24.0 Å². The van der Waals surface area contributed by atoms with Crippen LogP contribution in [0.5, 0.6) is 0 Å². The standard InChI is InChI=1S/C14H20N4/c1-3-11(4-2)14(15)13-10-16-18(17-13)12-8-6-5-7-9-12/h5-11,14H,3-4,15H2,1-2H3. The Hall–Kier alpha value is -1.68. The number of rotatable bonds is 5. The van der Waals surface area contributed by atoms with Gasteiger partial charge in [0, 0.05) is 0 Å². The average molecular weight is 244 g/mol. The highest BCUT2D eigenvalue weighted by Gasteiger charge is 2.19. The molecular weight excluding hydrogens is 224 g/mol. The molecule has 0 fully saturated rings. The number of hydrogen-bond donors (Lipinski definition) is 1. The van der Waals surface area contributed by atoms with Crippen LogP contribution in [0.4, 0.5) is 0 Å². The Morgan fingerprint density at radius 2 is 1.83 bits per heavy atom. The largest absolute Gasteiger partial charge is 0.322 e. The molecule has 1 heterocycles. The van der Waals surface area contributed by atoms with Crippen LogP contribution in [0.25, 0.3) is 5.69 Å². The zero-order valence-corrected chi connectivity index (χ0v) is 11.0. The van der Waals surface area contributed by atoms with E-state index in [1.165, 1.54) is 0 Å². The highest BCUT2D eigenvalue weighted by Crippen LogP contribution is 2.23. The molecule has 1 unspecified atom stereocenters. The van der Waals surface area contributed by atoms with Gasteiger partial charge in [0.2, 0.25) is 0 Å². The minimum atomic E-state index is -0.0301. The van der Waals surface area contributed by atoms with Crippen molar-refractivity contribution in [3.8, 4) is 5.69 Å². The lowest BCUT2D eigenvalue weighted by molar-refractivity contribution is 0.397. The Kier molecular flexibility index (Phi) is 4.10. The molecule has 0 saturated carbocycles. The summed E-state index contributed by atoms with van der Waals surface area (Å²) in [5.74, 6) is 0.464. The maximum Gasteiger partial charge on any atom is 0.100 e. The zero-order valence-electron chi connectivity index (χ0n) is 11.0. The SMILES string of the molecule is CCC(CC)C(N)c1cnn(-c2ccccc2)n1. The number of hydrogen-bond acceptors (Lipinski definition) is 3. The first-order valence-electron chi connectivity index (χ1n) is 6.49. The molecule has 2 aromatic rings. The minimum Gasteiger partial charge on any atom is -0.322 e. The highest BCUT2D eigenvalue weighted by molar-refractivity contribution is 5.28. The summed E-state index contributed by atoms with van der Waals surface area (Å²) in [4.78, 5) is 1.64. The van der Waals surface area contributed by atoms with Gasteiger partial charge in [-0.3, -0.25) is 0 Å². The summed E-state index contributed by atoms with van der Waals surface area (Å²) in [6.07, 6.45) is 3.90. The molecule has 0 aliphatic carbocycles. The molecule has 4 nitrogen and oxygen atoms in total. The molecule has 2 rings (SSSR count). The lowest BCUT2D eigenvalue weighted by Crippen LogP contribution is -2.21. The van der Waals surface area contributed by atoms with Crippen molar-refractivity contribution in [3.63, 3.8) is 0 Å². The molecule has 1 atom stereocenters. The predicted molar refractivity (Wildman–Crippen MR) is 72.4 cm³/mol. The molecule has 0 amide bonds. The average Bonchev–Trinajstić information content (AvgIpc) is 2.90. The molecule has 0 radical (unpaired) electrons. The van der Waals surface area contributed by atoms with Gasteiger partial charge < -0.3 is 5.73 Å². The van der Waals surface area contributed by atoms with Crippen molar-refractivity contribution in [1.82, 2.24) is 15.0 Å². The molecule has 18 heavy (non-hydrogen) atoms. The fourth-order valence-corrected chi connectivity index (χ4v) is 2.15. The van der Waals surface area contributed by atoms with E-state index >= 15 is 0 Å². The molecule has 0 aliphatic heterocycles. The van der Waals surface area contributed by atoms with Gasteiger partial charge in [-0.25, -0.2) is 0 Å². The van der Waals surface area contributed by atoms with Crippen molar-refractivity contribution in [2.24, 2.45) is 11.7 Å². The fourth-order valence-electron chi connectivity index (χ4n) is 2.15. The van der Waals surface area contributed by atoms with Crippen LogP contribution in [0, 0.1) is 5.92 Å². The van der Waals surface area contributed by atoms with Crippen LogP contribution >= 0.6 is 0 Å². The number of benzene rings is 1. The first-order valence-corrected chi connectivity index (χ1v) is 6.49. The summed E-state index contributed by atoms with van der Waals surface area (Å²) < 4.78 is 0. The number of nitrogens with zero attached hydrogens (tertiary/aromatic N) is 3. The Balaban J connectivity index is 2.20. The first kappa shape index (κ1) is 12.8. The fraction of sp³-hybridized carbons (Fsp3) is 0.429. The summed E-state index contributed by atoms with van der Waals surface area (Å²) in [6, 6.07) is 9.85. The molecule has 0 saturated heterocycles. The van der Waals surface area contributed by atoms with E-state index in [0.29, 0.717) is 5.92 Å². The second-order valence-corrected chi connectivity index (χ2v) is 4.50. The second-order valence-electron chi connectivity index (χ2n) is 4.50. The maximum absolute atomic E-state index is 6.24. The summed E-state index contributed by atoms with van der Waals surface area (Å²) in [6.45, 7) is 4.32. The van der Waals surface area contributed by atoms with E-state index in [-0.39, 0.29) is 6.04 Å². The van der Waals surface area contributed by atoms with Crippen molar-refractivity contribution in [1.29, 1.82) is 0 Å². The van der Waals surface area contributed by atoms with E-state index in [9.17, 15) is 0 Å². The van der Waals surface area contributed by atoms with Crippen LogP contribution in [-0.2, 0) is 0 Å². The third-order valence-electron chi connectivity index (χ3n) is 3.39. The molecular formula is C14H20N4. The molecule has 0 spiro atoms. The smallest absolute Gasteiger partial charge is 0.100 e. The van der Waals surface area contributed by atoms with E-state index in [4.69, 9.17) is 5.73 Å². The molecule has 4 heteroatoms. The Labute approximate surface area is 108 Å². The van der Waals surface area contributed by atoms with Crippen molar-refractivity contribution >= 4 is 0 Å². The summed E-state index contributed by atoms with van der Waals surface area (Å²) >= 11 is 0. The molecule has 2 N–H and O–H groups in total. The highest BCUT2D eigenvalue weighted by atomic mass is 15.5. The van der Waals surface area contributed by atoms with Gasteiger partial charge in [0.15, 0.2) is 0 Å². The van der Waals surface area contributed by atoms with Gasteiger partial charge >= 0.3 is 0 Å². The van der Waals surface area contributed by atoms with Crippen molar-refractivity contribution in [2.75, 3.05) is 0 Å². The van der Waals surface area contributed by atoms with Crippen molar-refractivity contribution in [3.05, 3.63) is 42.2 Å². The normalized spacial score (nSPS) is 12.9. The Morgan fingerprint density at radius 1 is 1.17 bits per heavy atom. The Bertz CT molecular complexity index is 474. The van der Waals surface area contributed by atoms with Crippen molar-refractivity contribution in [2.45, 2.75) is 32.7 Å². The third kappa shape index (κ3) is 2.59. The van der Waals surface area contributed by atoms with Gasteiger partial charge in [-0.2, -0.15) is 15.0 Å². The van der Waals surface area contributed by atoms with Crippen LogP contribution in [0.15, 0.2) is 36.5 Å². The summed E-state index contributed by atoms with van der Waals surface area (Å²) in [5.41, 5.74) is 8.06. The van der Waals surface area contributed by atoms with Gasteiger partial charge in [-0.15, -0.1) is 0 Å². The van der Waals surface area contributed by atoms with E-state index in [1.807, 2.05) is 30.3 Å². The first-order chi connectivity index (χ1) is 8.76. The summed E-state index contributed by atoms with van der Waals surface area (Å²) in [7, 11) is 0. The minimum absolute atomic E-state index is 0.0301. The molecule has 1 aromatic heterocycles. The number of nitrogens with two attached hydrogens (primary N) is 1. The monoisotopic (exact) mass is 244 g/mol. The van der Waals surface area contributed by atoms with Crippen LogP contribution in [0.2, 0.25) is 0 Å². The topological polar surface area (TPSA) is 56.7 Å². The van der Waals surface area contributed by atoms with Crippen LogP contribution in [-0.4, -0.2) is 15.0 Å². The van der Waals surface area contributed by atoms with Gasteiger partial charge in [0.25, 0.3) is 0 Å². The summed E-state index contributed by atoms with van der Waals surface area (Å²) in [5, 5.41) is 8.76. The Morgan fingerprint density at radius 3 is 2.44 bits per heavy atom. The molecule has 0 bridgehead atoms. The predicted octanol–water partition coefficient (Wildman–Crippen LogP) is 2.70. The van der Waals surface area contributed by atoms with E-state index < -0.39 is 0 Å². The lowest BCUT2D eigenvalue weighted by Gasteiger charge is -2.18. The molecule has 96 valence electrons. The van der Waals surface area contributed by atoms with Crippen LogP contribution in [0.3, 0.4) is 0 Å². The quantitative estimate of drug-likeness (QED) is 0.879. The third-order valence-corrected chi connectivity index (χ3v) is 3.39. The lowest BCUT2D eigenvalue weighted by atomic mass is 9.93. The van der Waals surface area contributed by atoms with E-state index in [1.54, 1.807) is 11.0 Å². The number of aromatic nitrogens is 3. The number of para-hydroxylation sites is 1. The van der Waals surface area contributed by atoms with Gasteiger partial charge in [-0.1, -0.05) is 44.9 Å². The van der Waals surface area contributed by atoms with Gasteiger partial charge in [-0.05, 0) is 18.1 Å². The van der Waals surface area contributed by atoms with Gasteiger partial charge in [0.1, 0.15) is 5.69 Å². The second kappa shape index (κ2) is 5.78. The van der Waals surface area contributed by atoms with Crippen LogP contribution < -0.4 is 5.73 Å². The zero-order chi connectivity index (χ0) is 13.0.